The summed E-state index contributed by atoms with van der Waals surface area (Å²) >= 11 is 1.01. The number of ether oxygens (including phenoxy) is 1. The molecule has 0 saturated carbocycles. The van der Waals surface area contributed by atoms with Crippen molar-refractivity contribution in [3.05, 3.63) is 50.4 Å². The fourth-order valence-corrected chi connectivity index (χ4v) is 2.08. The van der Waals surface area contributed by atoms with Gasteiger partial charge in [0.2, 0.25) is 0 Å². The smallest absolute Gasteiger partial charge is 0.307 e. The van der Waals surface area contributed by atoms with Crippen molar-refractivity contribution in [1.82, 2.24) is 4.98 Å². The number of aromatic nitrogens is 1. The second-order valence-corrected chi connectivity index (χ2v) is 4.13. The van der Waals surface area contributed by atoms with Gasteiger partial charge in [-0.05, 0) is 29.8 Å². The zero-order valence-electron chi connectivity index (χ0n) is 8.52. The van der Waals surface area contributed by atoms with Crippen LogP contribution in [-0.4, -0.2) is 12.1 Å². The number of hydrogen-bond acceptors (Lipinski definition) is 4. The summed E-state index contributed by atoms with van der Waals surface area (Å²) in [4.78, 5) is 24.8. The molecule has 0 saturated heterocycles. The molecule has 0 aliphatic carbocycles. The molecule has 0 atom stereocenters. The highest BCUT2D eigenvalue weighted by molar-refractivity contribution is 7.12. The van der Waals surface area contributed by atoms with Gasteiger partial charge in [-0.2, -0.15) is 0 Å². The maximum absolute atomic E-state index is 11.1. The van der Waals surface area contributed by atoms with Crippen molar-refractivity contribution < 1.29 is 4.74 Å². The monoisotopic (exact) mass is 235 g/mol. The molecular formula is C11H9NO3S. The van der Waals surface area contributed by atoms with Gasteiger partial charge >= 0.3 is 4.87 Å². The largest absolute Gasteiger partial charge is 0.497 e. The van der Waals surface area contributed by atoms with E-state index in [1.54, 1.807) is 19.2 Å². The lowest BCUT2D eigenvalue weighted by molar-refractivity contribution is 0.415. The van der Waals surface area contributed by atoms with E-state index in [9.17, 15) is 9.59 Å². The van der Waals surface area contributed by atoms with Gasteiger partial charge in [-0.1, -0.05) is 11.3 Å². The number of benzene rings is 1. The van der Waals surface area contributed by atoms with Crippen LogP contribution in [0.4, 0.5) is 0 Å². The van der Waals surface area contributed by atoms with Crippen molar-refractivity contribution in [3.63, 3.8) is 0 Å². The highest BCUT2D eigenvalue weighted by atomic mass is 32.1. The lowest BCUT2D eigenvalue weighted by atomic mass is 10.2. The Labute approximate surface area is 95.2 Å². The summed E-state index contributed by atoms with van der Waals surface area (Å²) < 4.78 is 5.03. The Bertz CT molecular complexity index is 569. The summed E-state index contributed by atoms with van der Waals surface area (Å²) in [6.45, 7) is 0. The van der Waals surface area contributed by atoms with Crippen LogP contribution in [0.1, 0.15) is 0 Å². The van der Waals surface area contributed by atoms with Crippen LogP contribution < -0.4 is 15.2 Å². The molecule has 1 heterocycles. The quantitative estimate of drug-likeness (QED) is 0.857. The van der Waals surface area contributed by atoms with E-state index >= 15 is 0 Å². The van der Waals surface area contributed by atoms with Crippen molar-refractivity contribution in [3.8, 4) is 16.2 Å². The summed E-state index contributed by atoms with van der Waals surface area (Å²) in [6, 6.07) is 8.60. The van der Waals surface area contributed by atoms with Crippen LogP contribution in [0.25, 0.3) is 10.4 Å². The van der Waals surface area contributed by atoms with Crippen molar-refractivity contribution in [2.75, 3.05) is 7.11 Å². The first-order valence-electron chi connectivity index (χ1n) is 4.58. The van der Waals surface area contributed by atoms with E-state index in [1.807, 2.05) is 12.1 Å². The van der Waals surface area contributed by atoms with Crippen LogP contribution in [0.2, 0.25) is 0 Å². The zero-order chi connectivity index (χ0) is 11.5. The Morgan fingerprint density at radius 2 is 1.88 bits per heavy atom. The van der Waals surface area contributed by atoms with Crippen LogP contribution >= 0.6 is 11.3 Å². The zero-order valence-corrected chi connectivity index (χ0v) is 9.34. The first-order chi connectivity index (χ1) is 7.69. The normalized spacial score (nSPS) is 10.1. The third kappa shape index (κ3) is 2.20. The van der Waals surface area contributed by atoms with E-state index in [1.165, 1.54) is 6.07 Å². The van der Waals surface area contributed by atoms with Gasteiger partial charge in [-0.25, -0.2) is 0 Å². The lowest BCUT2D eigenvalue weighted by Gasteiger charge is -2.01. The molecule has 0 aliphatic rings. The summed E-state index contributed by atoms with van der Waals surface area (Å²) in [6.07, 6.45) is 0. The van der Waals surface area contributed by atoms with Gasteiger partial charge in [0.15, 0.2) is 0 Å². The minimum Gasteiger partial charge on any atom is -0.497 e. The Morgan fingerprint density at radius 3 is 2.44 bits per heavy atom. The third-order valence-electron chi connectivity index (χ3n) is 2.06. The van der Waals surface area contributed by atoms with E-state index < -0.39 is 0 Å². The molecule has 1 aromatic heterocycles. The number of hydrogen-bond donors (Lipinski definition) is 1. The van der Waals surface area contributed by atoms with E-state index in [0.717, 1.165) is 22.6 Å². The highest BCUT2D eigenvalue weighted by Gasteiger charge is 2.01. The molecule has 2 rings (SSSR count). The first-order valence-corrected chi connectivity index (χ1v) is 5.39. The van der Waals surface area contributed by atoms with Crippen molar-refractivity contribution in [1.29, 1.82) is 0 Å². The van der Waals surface area contributed by atoms with Crippen molar-refractivity contribution in [2.24, 2.45) is 0 Å². The molecule has 82 valence electrons. The molecule has 0 unspecified atom stereocenters. The molecule has 0 spiro atoms. The Hall–Kier alpha value is -1.88. The SMILES string of the molecule is COc1ccc(-c2cc(=O)[nH]c(=O)s2)cc1. The molecule has 0 aliphatic heterocycles. The highest BCUT2D eigenvalue weighted by Crippen LogP contribution is 2.22. The van der Waals surface area contributed by atoms with E-state index in [0.29, 0.717) is 4.88 Å². The van der Waals surface area contributed by atoms with Crippen LogP contribution in [0, 0.1) is 0 Å². The Kier molecular flexibility index (Phi) is 2.87. The lowest BCUT2D eigenvalue weighted by Crippen LogP contribution is -2.14. The van der Waals surface area contributed by atoms with Crippen molar-refractivity contribution >= 4 is 11.3 Å². The molecular weight excluding hydrogens is 226 g/mol. The average Bonchev–Trinajstić information content (AvgIpc) is 2.28. The summed E-state index contributed by atoms with van der Waals surface area (Å²) in [7, 11) is 1.58. The number of rotatable bonds is 2. The molecule has 5 heteroatoms. The Morgan fingerprint density at radius 1 is 1.19 bits per heavy atom. The third-order valence-corrected chi connectivity index (χ3v) is 2.93. The summed E-state index contributed by atoms with van der Waals surface area (Å²) in [5.41, 5.74) is 0.448. The van der Waals surface area contributed by atoms with Gasteiger partial charge in [0, 0.05) is 10.9 Å². The summed E-state index contributed by atoms with van der Waals surface area (Å²) in [5.74, 6) is 0.737. The molecule has 0 fully saturated rings. The molecule has 1 aromatic carbocycles. The van der Waals surface area contributed by atoms with Gasteiger partial charge < -0.3 is 4.74 Å². The molecule has 0 amide bonds. The van der Waals surface area contributed by atoms with Gasteiger partial charge in [0.25, 0.3) is 5.56 Å². The molecule has 4 nitrogen and oxygen atoms in total. The van der Waals surface area contributed by atoms with Gasteiger partial charge in [0.1, 0.15) is 5.75 Å². The molecule has 2 aromatic rings. The topological polar surface area (TPSA) is 59.2 Å². The minimum absolute atomic E-state index is 0.349. The molecule has 1 N–H and O–H groups in total. The van der Waals surface area contributed by atoms with E-state index in [2.05, 4.69) is 4.98 Å². The predicted molar refractivity (Wildman–Crippen MR) is 63.2 cm³/mol. The fraction of sp³-hybridized carbons (Fsp3) is 0.0909. The standard InChI is InChI=1S/C11H9NO3S/c1-15-8-4-2-7(3-5-8)9-6-10(13)12-11(14)16-9/h2-6H,1H3,(H,12,13,14). The van der Waals surface area contributed by atoms with E-state index in [4.69, 9.17) is 4.74 Å². The minimum atomic E-state index is -0.380. The van der Waals surface area contributed by atoms with Crippen LogP contribution in [-0.2, 0) is 0 Å². The number of H-pyrrole nitrogens is 1. The average molecular weight is 235 g/mol. The molecule has 0 radical (unpaired) electrons. The van der Waals surface area contributed by atoms with Crippen LogP contribution in [0.5, 0.6) is 5.75 Å². The first kappa shape index (κ1) is 10.6. The second-order valence-electron chi connectivity index (χ2n) is 3.12. The number of nitrogens with one attached hydrogen (secondary N) is 1. The van der Waals surface area contributed by atoms with Gasteiger partial charge in [-0.15, -0.1) is 0 Å². The van der Waals surface area contributed by atoms with Crippen LogP contribution in [0.15, 0.2) is 39.9 Å². The van der Waals surface area contributed by atoms with Crippen molar-refractivity contribution in [2.45, 2.75) is 0 Å². The second kappa shape index (κ2) is 4.32. The van der Waals surface area contributed by atoms with Crippen LogP contribution in [0.3, 0.4) is 0 Å². The van der Waals surface area contributed by atoms with Gasteiger partial charge in [-0.3, -0.25) is 14.6 Å². The predicted octanol–water partition coefficient (Wildman–Crippen LogP) is 1.47. The Balaban J connectivity index is 2.50. The van der Waals surface area contributed by atoms with Gasteiger partial charge in [0.05, 0.1) is 7.11 Å². The number of aromatic amines is 1. The maximum Gasteiger partial charge on any atom is 0.307 e. The molecule has 0 bridgehead atoms. The number of methoxy groups -OCH3 is 1. The molecule has 16 heavy (non-hydrogen) atoms. The fourth-order valence-electron chi connectivity index (χ4n) is 1.31. The van der Waals surface area contributed by atoms with E-state index in [-0.39, 0.29) is 10.4 Å². The summed E-state index contributed by atoms with van der Waals surface area (Å²) in [5, 5.41) is 0. The maximum atomic E-state index is 11.1.